The van der Waals surface area contributed by atoms with Crippen molar-refractivity contribution in [3.8, 4) is 5.75 Å². The van der Waals surface area contributed by atoms with Crippen LogP contribution in [0, 0.1) is 0 Å². The van der Waals surface area contributed by atoms with Crippen molar-refractivity contribution < 1.29 is 19.5 Å². The number of methoxy groups -OCH3 is 1. The van der Waals surface area contributed by atoms with E-state index in [0.717, 1.165) is 35.9 Å². The Morgan fingerprint density at radius 1 is 1.03 bits per heavy atom. The number of hydrogen-bond acceptors (Lipinski definition) is 5. The SMILES string of the molecule is COc1ccc(C(=O)N(CCCCCCC(=O)NO)c2cnc3ccccc3c2)cc1. The number of benzene rings is 2. The number of aromatic nitrogens is 1. The largest absolute Gasteiger partial charge is 0.497 e. The van der Waals surface area contributed by atoms with Crippen LogP contribution in [0.5, 0.6) is 5.75 Å². The molecule has 0 aliphatic carbocycles. The number of nitrogens with zero attached hydrogens (tertiary/aromatic N) is 2. The molecule has 31 heavy (non-hydrogen) atoms. The number of rotatable bonds is 10. The van der Waals surface area contributed by atoms with Crippen LogP contribution in [0.1, 0.15) is 42.5 Å². The average molecular weight is 421 g/mol. The number of nitrogens with one attached hydrogen (secondary N) is 1. The molecule has 0 atom stereocenters. The van der Waals surface area contributed by atoms with E-state index in [9.17, 15) is 9.59 Å². The van der Waals surface area contributed by atoms with Gasteiger partial charge in [-0.15, -0.1) is 0 Å². The Kier molecular flexibility index (Phi) is 7.95. The summed E-state index contributed by atoms with van der Waals surface area (Å²) in [6.45, 7) is 0.539. The minimum atomic E-state index is -0.376. The minimum absolute atomic E-state index is 0.0978. The number of hydroxylamine groups is 1. The van der Waals surface area contributed by atoms with Gasteiger partial charge in [0.25, 0.3) is 5.91 Å². The second-order valence-electron chi connectivity index (χ2n) is 7.27. The van der Waals surface area contributed by atoms with E-state index < -0.39 is 0 Å². The van der Waals surface area contributed by atoms with Crippen molar-refractivity contribution in [2.45, 2.75) is 32.1 Å². The molecule has 0 saturated carbocycles. The number of anilines is 1. The molecular formula is C24H27N3O4. The Bertz CT molecular complexity index is 1020. The summed E-state index contributed by atoms with van der Waals surface area (Å²) in [5.74, 6) is 0.223. The molecule has 0 saturated heterocycles. The van der Waals surface area contributed by atoms with E-state index in [-0.39, 0.29) is 11.8 Å². The third-order valence-electron chi connectivity index (χ3n) is 5.13. The van der Waals surface area contributed by atoms with E-state index in [1.54, 1.807) is 48.0 Å². The summed E-state index contributed by atoms with van der Waals surface area (Å²) in [6, 6.07) is 16.9. The normalized spacial score (nSPS) is 10.6. The van der Waals surface area contributed by atoms with Crippen molar-refractivity contribution in [1.82, 2.24) is 10.5 Å². The molecule has 7 nitrogen and oxygen atoms in total. The Morgan fingerprint density at radius 2 is 1.77 bits per heavy atom. The van der Waals surface area contributed by atoms with E-state index in [1.807, 2.05) is 30.3 Å². The Morgan fingerprint density at radius 3 is 2.52 bits per heavy atom. The predicted octanol–water partition coefficient (Wildman–Crippen LogP) is 4.35. The van der Waals surface area contributed by atoms with Crippen molar-refractivity contribution in [3.63, 3.8) is 0 Å². The monoisotopic (exact) mass is 421 g/mol. The average Bonchev–Trinajstić information content (AvgIpc) is 2.82. The molecule has 3 aromatic rings. The maximum Gasteiger partial charge on any atom is 0.258 e. The highest BCUT2D eigenvalue weighted by Crippen LogP contribution is 2.23. The maximum atomic E-state index is 13.3. The number of unbranched alkanes of at least 4 members (excludes halogenated alkanes) is 3. The first-order valence-electron chi connectivity index (χ1n) is 10.4. The molecule has 0 unspecified atom stereocenters. The van der Waals surface area contributed by atoms with E-state index in [1.165, 1.54) is 0 Å². The number of pyridine rings is 1. The zero-order valence-corrected chi connectivity index (χ0v) is 17.6. The summed E-state index contributed by atoms with van der Waals surface area (Å²) < 4.78 is 5.19. The molecule has 0 bridgehead atoms. The smallest absolute Gasteiger partial charge is 0.258 e. The highest BCUT2D eigenvalue weighted by atomic mass is 16.5. The molecular weight excluding hydrogens is 394 g/mol. The number of hydrogen-bond donors (Lipinski definition) is 2. The minimum Gasteiger partial charge on any atom is -0.497 e. The van der Waals surface area contributed by atoms with Crippen LogP contribution in [-0.4, -0.2) is 35.7 Å². The lowest BCUT2D eigenvalue weighted by Crippen LogP contribution is -2.32. The molecule has 7 heteroatoms. The number of fused-ring (bicyclic) bond motifs is 1. The van der Waals surface area contributed by atoms with E-state index in [0.29, 0.717) is 30.7 Å². The first-order chi connectivity index (χ1) is 15.1. The highest BCUT2D eigenvalue weighted by Gasteiger charge is 2.18. The van der Waals surface area contributed by atoms with Crippen LogP contribution in [-0.2, 0) is 4.79 Å². The molecule has 0 aliphatic heterocycles. The molecule has 0 aliphatic rings. The van der Waals surface area contributed by atoms with Crippen LogP contribution in [0.3, 0.4) is 0 Å². The van der Waals surface area contributed by atoms with Crippen molar-refractivity contribution in [2.24, 2.45) is 0 Å². The van der Waals surface area contributed by atoms with Crippen LogP contribution in [0.15, 0.2) is 60.8 Å². The fraction of sp³-hybridized carbons (Fsp3) is 0.292. The number of carbonyl (C=O) groups is 2. The summed E-state index contributed by atoms with van der Waals surface area (Å²) in [6.07, 6.45) is 5.21. The standard InChI is InChI=1S/C24H27N3O4/c1-31-21-13-11-18(12-14-21)24(29)27(15-7-3-2-4-10-23(28)26-30)20-16-19-8-5-6-9-22(19)25-17-20/h5-6,8-9,11-14,16-17,30H,2-4,7,10,15H2,1H3,(H,26,28). The van der Waals surface area contributed by atoms with Gasteiger partial charge in [-0.3, -0.25) is 19.8 Å². The number of para-hydroxylation sites is 1. The first kappa shape index (κ1) is 22.2. The molecule has 162 valence electrons. The van der Waals surface area contributed by atoms with Crippen molar-refractivity contribution >= 4 is 28.4 Å². The van der Waals surface area contributed by atoms with Crippen LogP contribution in [0.25, 0.3) is 10.9 Å². The van der Waals surface area contributed by atoms with Crippen LogP contribution in [0.4, 0.5) is 5.69 Å². The van der Waals surface area contributed by atoms with Gasteiger partial charge in [-0.05, 0) is 49.2 Å². The lowest BCUT2D eigenvalue weighted by molar-refractivity contribution is -0.129. The zero-order valence-electron chi connectivity index (χ0n) is 17.6. The summed E-state index contributed by atoms with van der Waals surface area (Å²) in [5.41, 5.74) is 3.85. The van der Waals surface area contributed by atoms with Crippen molar-refractivity contribution in [1.29, 1.82) is 0 Å². The number of carbonyl (C=O) groups excluding carboxylic acids is 2. The quantitative estimate of drug-likeness (QED) is 0.289. The van der Waals surface area contributed by atoms with Crippen LogP contribution < -0.4 is 15.1 Å². The van der Waals surface area contributed by atoms with Gasteiger partial charge in [-0.1, -0.05) is 31.0 Å². The summed E-state index contributed by atoms with van der Waals surface area (Å²) >= 11 is 0. The lowest BCUT2D eigenvalue weighted by atomic mass is 10.1. The first-order valence-corrected chi connectivity index (χ1v) is 10.4. The molecule has 1 aromatic heterocycles. The lowest BCUT2D eigenvalue weighted by Gasteiger charge is -2.23. The molecule has 0 radical (unpaired) electrons. The third kappa shape index (κ3) is 6.02. The highest BCUT2D eigenvalue weighted by molar-refractivity contribution is 6.06. The zero-order chi connectivity index (χ0) is 22.1. The van der Waals surface area contributed by atoms with Gasteiger partial charge in [-0.25, -0.2) is 5.48 Å². The van der Waals surface area contributed by atoms with E-state index in [2.05, 4.69) is 4.98 Å². The molecule has 0 fully saturated rings. The summed E-state index contributed by atoms with van der Waals surface area (Å²) in [4.78, 5) is 30.7. The fourth-order valence-electron chi connectivity index (χ4n) is 3.41. The summed E-state index contributed by atoms with van der Waals surface area (Å²) in [5, 5.41) is 9.53. The van der Waals surface area contributed by atoms with Gasteiger partial charge >= 0.3 is 0 Å². The van der Waals surface area contributed by atoms with Gasteiger partial charge < -0.3 is 9.64 Å². The van der Waals surface area contributed by atoms with E-state index >= 15 is 0 Å². The van der Waals surface area contributed by atoms with Crippen LogP contribution >= 0.6 is 0 Å². The Hall–Kier alpha value is -3.45. The molecule has 2 aromatic carbocycles. The topological polar surface area (TPSA) is 91.8 Å². The molecule has 0 spiro atoms. The second kappa shape index (κ2) is 11.1. The molecule has 1 heterocycles. The van der Waals surface area contributed by atoms with Crippen molar-refractivity contribution in [2.75, 3.05) is 18.6 Å². The summed E-state index contributed by atoms with van der Waals surface area (Å²) in [7, 11) is 1.59. The van der Waals surface area contributed by atoms with E-state index in [4.69, 9.17) is 9.94 Å². The third-order valence-corrected chi connectivity index (χ3v) is 5.13. The number of amides is 2. The van der Waals surface area contributed by atoms with Gasteiger partial charge in [0.15, 0.2) is 0 Å². The molecule has 2 N–H and O–H groups in total. The Labute approximate surface area is 181 Å². The predicted molar refractivity (Wildman–Crippen MR) is 119 cm³/mol. The van der Waals surface area contributed by atoms with Crippen molar-refractivity contribution in [3.05, 3.63) is 66.4 Å². The van der Waals surface area contributed by atoms with Gasteiger partial charge in [0, 0.05) is 23.9 Å². The molecule has 2 amide bonds. The Balaban J connectivity index is 1.74. The van der Waals surface area contributed by atoms with Gasteiger partial charge in [-0.2, -0.15) is 0 Å². The fourth-order valence-corrected chi connectivity index (χ4v) is 3.41. The van der Waals surface area contributed by atoms with Gasteiger partial charge in [0.1, 0.15) is 5.75 Å². The second-order valence-corrected chi connectivity index (χ2v) is 7.27. The van der Waals surface area contributed by atoms with Gasteiger partial charge in [0.05, 0.1) is 24.5 Å². The van der Waals surface area contributed by atoms with Gasteiger partial charge in [0.2, 0.25) is 5.91 Å². The van der Waals surface area contributed by atoms with Crippen LogP contribution in [0.2, 0.25) is 0 Å². The maximum absolute atomic E-state index is 13.3. The molecule has 3 rings (SSSR count). The number of ether oxygens (including phenoxy) is 1.